The number of nitrogens with zero attached hydrogens (tertiary/aromatic N) is 1. The first kappa shape index (κ1) is 16.1. The minimum atomic E-state index is 0.184. The molecule has 1 N–H and O–H groups in total. The van der Waals surface area contributed by atoms with Crippen LogP contribution in [0.2, 0.25) is 0 Å². The average molecular weight is 326 g/mol. The predicted octanol–water partition coefficient (Wildman–Crippen LogP) is 3.45. The van der Waals surface area contributed by atoms with Gasteiger partial charge >= 0.3 is 0 Å². The lowest BCUT2D eigenvalue weighted by molar-refractivity contribution is -0.124. The molecular formula is C21H30N2O. The lowest BCUT2D eigenvalue weighted by Crippen LogP contribution is -2.51. The molecule has 0 aromatic heterocycles. The molecule has 3 heteroatoms. The van der Waals surface area contributed by atoms with Gasteiger partial charge in [0.25, 0.3) is 0 Å². The Balaban J connectivity index is 1.26. The first-order chi connectivity index (χ1) is 11.6. The number of likely N-dealkylation sites (N-methyl/N-ethyl adjacent to an activating group) is 1. The topological polar surface area (TPSA) is 32.3 Å². The van der Waals surface area contributed by atoms with Crippen LogP contribution in [-0.4, -0.2) is 30.9 Å². The molecule has 1 amide bonds. The zero-order valence-corrected chi connectivity index (χ0v) is 14.8. The van der Waals surface area contributed by atoms with Gasteiger partial charge in [-0.25, -0.2) is 0 Å². The second-order valence-electron chi connectivity index (χ2n) is 8.85. The Hall–Kier alpha value is -1.35. The van der Waals surface area contributed by atoms with E-state index in [4.69, 9.17) is 0 Å². The van der Waals surface area contributed by atoms with E-state index < -0.39 is 0 Å². The van der Waals surface area contributed by atoms with Crippen molar-refractivity contribution < 1.29 is 4.79 Å². The van der Waals surface area contributed by atoms with Crippen LogP contribution in [0.25, 0.3) is 0 Å². The van der Waals surface area contributed by atoms with Crippen molar-refractivity contribution in [3.05, 3.63) is 35.9 Å². The number of carbonyl (C=O) groups excluding carboxylic acids is 1. The number of nitrogens with one attached hydrogen (secondary N) is 1. The number of rotatable bonds is 6. The highest BCUT2D eigenvalue weighted by Gasteiger charge is 2.50. The lowest BCUT2D eigenvalue weighted by Gasteiger charge is -2.56. The summed E-state index contributed by atoms with van der Waals surface area (Å²) in [5.74, 6) is 3.04. The monoisotopic (exact) mass is 326 g/mol. The van der Waals surface area contributed by atoms with E-state index in [1.165, 1.54) is 44.1 Å². The minimum Gasteiger partial charge on any atom is -0.354 e. The summed E-state index contributed by atoms with van der Waals surface area (Å²) >= 11 is 0. The SMILES string of the molecule is CN(CC(=O)NCC12CC3CC(CC(C3)C1)C2)Cc1ccccc1. The van der Waals surface area contributed by atoms with Gasteiger partial charge in [-0.05, 0) is 74.3 Å². The van der Waals surface area contributed by atoms with Gasteiger partial charge in [0, 0.05) is 13.1 Å². The van der Waals surface area contributed by atoms with Gasteiger partial charge in [-0.15, -0.1) is 0 Å². The zero-order chi connectivity index (χ0) is 16.6. The molecule has 1 aromatic carbocycles. The molecule has 0 atom stereocenters. The summed E-state index contributed by atoms with van der Waals surface area (Å²) in [5, 5.41) is 3.28. The molecule has 4 fully saturated rings. The fourth-order valence-corrected chi connectivity index (χ4v) is 6.04. The predicted molar refractivity (Wildman–Crippen MR) is 96.4 cm³/mol. The molecule has 0 unspecified atom stereocenters. The number of amides is 1. The molecule has 0 heterocycles. The zero-order valence-electron chi connectivity index (χ0n) is 14.8. The molecule has 4 bridgehead atoms. The molecule has 0 aliphatic heterocycles. The van der Waals surface area contributed by atoms with Gasteiger partial charge in [0.15, 0.2) is 0 Å². The maximum atomic E-state index is 12.4. The summed E-state index contributed by atoms with van der Waals surface area (Å²) in [4.78, 5) is 14.5. The molecule has 130 valence electrons. The molecule has 0 spiro atoms. The van der Waals surface area contributed by atoms with E-state index in [-0.39, 0.29) is 5.91 Å². The third-order valence-electron chi connectivity index (χ3n) is 6.53. The third kappa shape index (κ3) is 3.51. The van der Waals surface area contributed by atoms with E-state index in [0.717, 1.165) is 30.8 Å². The smallest absolute Gasteiger partial charge is 0.234 e. The second-order valence-corrected chi connectivity index (χ2v) is 8.85. The molecule has 3 nitrogen and oxygen atoms in total. The van der Waals surface area contributed by atoms with Crippen molar-refractivity contribution in [2.75, 3.05) is 20.1 Å². The Morgan fingerprint density at radius 1 is 1.08 bits per heavy atom. The average Bonchev–Trinajstić information content (AvgIpc) is 2.53. The van der Waals surface area contributed by atoms with E-state index in [2.05, 4.69) is 34.5 Å². The van der Waals surface area contributed by atoms with Gasteiger partial charge in [-0.3, -0.25) is 9.69 Å². The standard InChI is InChI=1S/C21H30N2O/c1-23(13-16-5-3-2-4-6-16)14-20(24)22-15-21-10-17-7-18(11-21)9-19(8-17)12-21/h2-6,17-19H,7-15H2,1H3,(H,22,24). The summed E-state index contributed by atoms with van der Waals surface area (Å²) < 4.78 is 0. The molecule has 4 aliphatic rings. The highest BCUT2D eigenvalue weighted by Crippen LogP contribution is 2.59. The largest absolute Gasteiger partial charge is 0.354 e. The lowest BCUT2D eigenvalue weighted by atomic mass is 9.49. The number of benzene rings is 1. The van der Waals surface area contributed by atoms with Crippen molar-refractivity contribution in [1.82, 2.24) is 10.2 Å². The van der Waals surface area contributed by atoms with Crippen molar-refractivity contribution in [3.8, 4) is 0 Å². The summed E-state index contributed by atoms with van der Waals surface area (Å²) in [7, 11) is 2.03. The van der Waals surface area contributed by atoms with Gasteiger partial charge in [-0.1, -0.05) is 30.3 Å². The van der Waals surface area contributed by atoms with Gasteiger partial charge in [0.1, 0.15) is 0 Å². The van der Waals surface area contributed by atoms with Crippen LogP contribution in [-0.2, 0) is 11.3 Å². The third-order valence-corrected chi connectivity index (χ3v) is 6.53. The van der Waals surface area contributed by atoms with Crippen LogP contribution in [0, 0.1) is 23.2 Å². The second kappa shape index (κ2) is 6.51. The Kier molecular flexibility index (Phi) is 4.38. The van der Waals surface area contributed by atoms with Gasteiger partial charge in [-0.2, -0.15) is 0 Å². The minimum absolute atomic E-state index is 0.184. The maximum Gasteiger partial charge on any atom is 0.234 e. The fraction of sp³-hybridized carbons (Fsp3) is 0.667. The van der Waals surface area contributed by atoms with Gasteiger partial charge in [0.2, 0.25) is 5.91 Å². The van der Waals surface area contributed by atoms with E-state index in [1.807, 2.05) is 13.1 Å². The summed E-state index contributed by atoms with van der Waals surface area (Å²) in [6, 6.07) is 10.4. The molecule has 4 saturated carbocycles. The van der Waals surface area contributed by atoms with Crippen LogP contribution in [0.15, 0.2) is 30.3 Å². The molecule has 0 radical (unpaired) electrons. The van der Waals surface area contributed by atoms with Crippen molar-refractivity contribution in [2.45, 2.75) is 45.1 Å². The highest BCUT2D eigenvalue weighted by molar-refractivity contribution is 5.78. The van der Waals surface area contributed by atoms with Crippen LogP contribution in [0.1, 0.15) is 44.1 Å². The molecule has 1 aromatic rings. The Bertz CT molecular complexity index is 547. The number of carbonyl (C=O) groups is 1. The molecule has 0 saturated heterocycles. The van der Waals surface area contributed by atoms with Crippen LogP contribution < -0.4 is 5.32 Å². The van der Waals surface area contributed by atoms with E-state index in [0.29, 0.717) is 12.0 Å². The van der Waals surface area contributed by atoms with E-state index in [1.54, 1.807) is 0 Å². The Morgan fingerprint density at radius 2 is 1.67 bits per heavy atom. The molecular weight excluding hydrogens is 296 g/mol. The van der Waals surface area contributed by atoms with E-state index >= 15 is 0 Å². The first-order valence-corrected chi connectivity index (χ1v) is 9.59. The highest BCUT2D eigenvalue weighted by atomic mass is 16.2. The van der Waals surface area contributed by atoms with Gasteiger partial charge < -0.3 is 5.32 Å². The number of hydrogen-bond acceptors (Lipinski definition) is 2. The molecule has 5 rings (SSSR count). The van der Waals surface area contributed by atoms with Gasteiger partial charge in [0.05, 0.1) is 6.54 Å². The van der Waals surface area contributed by atoms with Crippen LogP contribution in [0.3, 0.4) is 0 Å². The summed E-state index contributed by atoms with van der Waals surface area (Å²) in [6.07, 6.45) is 8.48. The quantitative estimate of drug-likeness (QED) is 0.868. The summed E-state index contributed by atoms with van der Waals surface area (Å²) in [6.45, 7) is 2.22. The van der Waals surface area contributed by atoms with E-state index in [9.17, 15) is 4.79 Å². The molecule has 24 heavy (non-hydrogen) atoms. The van der Waals surface area contributed by atoms with Crippen LogP contribution in [0.5, 0.6) is 0 Å². The van der Waals surface area contributed by atoms with Crippen molar-refractivity contribution in [3.63, 3.8) is 0 Å². The van der Waals surface area contributed by atoms with Crippen molar-refractivity contribution in [1.29, 1.82) is 0 Å². The maximum absolute atomic E-state index is 12.4. The number of hydrogen-bond donors (Lipinski definition) is 1. The first-order valence-electron chi connectivity index (χ1n) is 9.59. The van der Waals surface area contributed by atoms with Crippen molar-refractivity contribution >= 4 is 5.91 Å². The normalized spacial score (nSPS) is 33.8. The molecule has 4 aliphatic carbocycles. The fourth-order valence-electron chi connectivity index (χ4n) is 6.04. The van der Waals surface area contributed by atoms with Crippen LogP contribution >= 0.6 is 0 Å². The Morgan fingerprint density at radius 3 is 2.25 bits per heavy atom. The summed E-state index contributed by atoms with van der Waals surface area (Å²) in [5.41, 5.74) is 1.69. The van der Waals surface area contributed by atoms with Crippen LogP contribution in [0.4, 0.5) is 0 Å². The van der Waals surface area contributed by atoms with Crippen molar-refractivity contribution in [2.24, 2.45) is 23.2 Å². The Labute approximate surface area is 145 Å².